The van der Waals surface area contributed by atoms with Gasteiger partial charge in [0.25, 0.3) is 0 Å². The first-order valence-corrected chi connectivity index (χ1v) is 19.7. The van der Waals surface area contributed by atoms with Crippen molar-refractivity contribution >= 4 is 29.2 Å². The molecule has 1 aromatic heterocycles. The molecule has 0 aromatic carbocycles. The zero-order chi connectivity index (χ0) is 36.8. The van der Waals surface area contributed by atoms with Crippen molar-refractivity contribution < 1.29 is 34.4 Å². The van der Waals surface area contributed by atoms with E-state index < -0.39 is 23.3 Å². The van der Waals surface area contributed by atoms with Gasteiger partial charge in [0.2, 0.25) is 0 Å². The second-order valence-corrected chi connectivity index (χ2v) is 19.8. The second kappa shape index (κ2) is 12.1. The zero-order valence-electron chi connectivity index (χ0n) is 31.4. The van der Waals surface area contributed by atoms with Crippen LogP contribution in [0.3, 0.4) is 0 Å². The predicted molar refractivity (Wildman–Crippen MR) is 195 cm³/mol. The van der Waals surface area contributed by atoms with E-state index in [4.69, 9.17) is 4.74 Å². The molecule has 0 aliphatic heterocycles. The molecule has 50 heavy (non-hydrogen) atoms. The van der Waals surface area contributed by atoms with Gasteiger partial charge in [0.1, 0.15) is 6.10 Å². The number of allylic oxidation sites excluding steroid dienone is 1. The van der Waals surface area contributed by atoms with Crippen molar-refractivity contribution in [3.8, 4) is 17.6 Å². The van der Waals surface area contributed by atoms with Crippen LogP contribution in [0, 0.1) is 73.9 Å². The highest BCUT2D eigenvalue weighted by Crippen LogP contribution is 2.77. The molecule has 5 aliphatic carbocycles. The third-order valence-electron chi connectivity index (χ3n) is 15.9. The summed E-state index contributed by atoms with van der Waals surface area (Å²) in [4.78, 5) is 36.3. The minimum Gasteiger partial charge on any atom is -0.505 e. The number of carbonyl (C=O) groups excluding carboxylic acids is 1. The van der Waals surface area contributed by atoms with Crippen molar-refractivity contribution in [2.24, 2.45) is 62.1 Å². The highest BCUT2D eigenvalue weighted by atomic mass is 32.1. The smallest absolute Gasteiger partial charge is 0.349 e. The van der Waals surface area contributed by atoms with E-state index in [0.29, 0.717) is 35.2 Å². The van der Waals surface area contributed by atoms with Crippen LogP contribution < -0.4 is 0 Å². The number of aromatic carboxylic acids is 1. The highest BCUT2D eigenvalue weighted by molar-refractivity contribution is 7.12. The van der Waals surface area contributed by atoms with Gasteiger partial charge in [0.05, 0.1) is 17.4 Å². The molecule has 7 nitrogen and oxygen atoms in total. The molecule has 0 amide bonds. The number of carbonyl (C=O) groups is 3. The molecular formula is C42H58O7S. The van der Waals surface area contributed by atoms with E-state index in [1.54, 1.807) is 19.2 Å². The molecule has 5 aliphatic rings. The first kappa shape index (κ1) is 37.0. The van der Waals surface area contributed by atoms with Crippen LogP contribution in [0.1, 0.15) is 141 Å². The summed E-state index contributed by atoms with van der Waals surface area (Å²) in [5, 5.41) is 31.4. The molecule has 0 saturated heterocycles. The number of ether oxygens (including phenoxy) is 1. The fourth-order valence-electron chi connectivity index (χ4n) is 13.0. The van der Waals surface area contributed by atoms with E-state index in [-0.39, 0.29) is 50.2 Å². The number of thiophene rings is 1. The third kappa shape index (κ3) is 5.38. The van der Waals surface area contributed by atoms with Gasteiger partial charge in [0, 0.05) is 16.2 Å². The Morgan fingerprint density at radius 2 is 1.64 bits per heavy atom. The fourth-order valence-corrected chi connectivity index (χ4v) is 13.7. The number of aliphatic carboxylic acids is 1. The second-order valence-electron chi connectivity index (χ2n) is 18.9. The lowest BCUT2D eigenvalue weighted by molar-refractivity contribution is -0.247. The highest BCUT2D eigenvalue weighted by Gasteiger charge is 2.71. The summed E-state index contributed by atoms with van der Waals surface area (Å²) in [5.41, 5.74) is 0.440. The molecule has 6 rings (SSSR count). The Morgan fingerprint density at radius 1 is 0.940 bits per heavy atom. The average molecular weight is 707 g/mol. The summed E-state index contributed by atoms with van der Waals surface area (Å²) < 4.78 is 6.15. The molecule has 1 aromatic rings. The van der Waals surface area contributed by atoms with Crippen molar-refractivity contribution in [3.63, 3.8) is 0 Å². The SMILES string of the molecule is C=C(C)C1CCC2(C#Cc3csc(C(=O)O)c3O)CC[C@]3(C)C(CCC4[C@@]5(C)CC[C@H](OC(=O)CC(C)(C)C(=O)O)C(C)(C)C5CC[C@]43C)C12. The molecule has 1 heterocycles. The van der Waals surface area contributed by atoms with E-state index in [0.717, 1.165) is 75.5 Å². The summed E-state index contributed by atoms with van der Waals surface area (Å²) in [6.07, 6.45) is 10.1. The molecule has 3 N–H and O–H groups in total. The van der Waals surface area contributed by atoms with E-state index in [2.05, 4.69) is 60.0 Å². The normalized spacial score (nSPS) is 40.2. The van der Waals surface area contributed by atoms with Crippen LogP contribution in [-0.2, 0) is 14.3 Å². The monoisotopic (exact) mass is 706 g/mol. The van der Waals surface area contributed by atoms with Gasteiger partial charge in [-0.1, -0.05) is 58.6 Å². The maximum Gasteiger partial charge on any atom is 0.349 e. The number of hydrogen-bond donors (Lipinski definition) is 3. The number of carboxylic acids is 2. The maximum atomic E-state index is 13.1. The molecule has 6 unspecified atom stereocenters. The van der Waals surface area contributed by atoms with Gasteiger partial charge >= 0.3 is 17.9 Å². The Morgan fingerprint density at radius 3 is 2.26 bits per heavy atom. The number of hydrogen-bond acceptors (Lipinski definition) is 6. The van der Waals surface area contributed by atoms with Crippen LogP contribution in [0.25, 0.3) is 0 Å². The predicted octanol–water partition coefficient (Wildman–Crippen LogP) is 9.57. The number of aromatic hydroxyl groups is 1. The van der Waals surface area contributed by atoms with E-state index in [9.17, 15) is 29.7 Å². The Kier molecular flexibility index (Phi) is 8.98. The third-order valence-corrected chi connectivity index (χ3v) is 16.8. The molecule has 10 atom stereocenters. The maximum absolute atomic E-state index is 13.1. The van der Waals surface area contributed by atoms with Crippen molar-refractivity contribution in [1.29, 1.82) is 0 Å². The van der Waals surface area contributed by atoms with Crippen molar-refractivity contribution in [2.75, 3.05) is 0 Å². The first-order valence-electron chi connectivity index (χ1n) is 18.8. The van der Waals surface area contributed by atoms with E-state index in [1.165, 1.54) is 5.57 Å². The number of esters is 1. The van der Waals surface area contributed by atoms with Crippen LogP contribution >= 0.6 is 11.3 Å². The van der Waals surface area contributed by atoms with Gasteiger partial charge in [-0.15, -0.1) is 11.3 Å². The van der Waals surface area contributed by atoms with Crippen LogP contribution in [0.15, 0.2) is 17.5 Å². The topological polar surface area (TPSA) is 121 Å². The van der Waals surface area contributed by atoms with Crippen molar-refractivity contribution in [1.82, 2.24) is 0 Å². The number of rotatable bonds is 6. The molecular weight excluding hydrogens is 649 g/mol. The first-order chi connectivity index (χ1) is 23.1. The van der Waals surface area contributed by atoms with Gasteiger partial charge in [-0.25, -0.2) is 4.79 Å². The van der Waals surface area contributed by atoms with Crippen LogP contribution in [0.5, 0.6) is 5.75 Å². The zero-order valence-corrected chi connectivity index (χ0v) is 32.2. The molecule has 274 valence electrons. The van der Waals surface area contributed by atoms with E-state index >= 15 is 0 Å². The summed E-state index contributed by atoms with van der Waals surface area (Å²) in [6.45, 7) is 22.1. The Bertz CT molecular complexity index is 1660. The molecule has 8 heteroatoms. The van der Waals surface area contributed by atoms with Crippen LogP contribution in [0.4, 0.5) is 0 Å². The molecule has 0 spiro atoms. The standard InChI is InChI=1S/C42H58O7S/c1-24(2)26-13-19-42(18-12-25-23-50-34(33(25)44)35(45)46)21-20-40(8)27(32(26)42)10-11-29-39(7)16-15-30(49-31(43)22-37(3,4)36(47)48)38(5,6)28(39)14-17-41(29,40)9/h23,26-30,32,44H,1,10-11,13-17,19-22H2,2-9H3,(H,45,46)(H,47,48)/t26?,27?,28?,29?,30-,32?,39-,40+,41+,42?/m0/s1. The van der Waals surface area contributed by atoms with Crippen LogP contribution in [0.2, 0.25) is 0 Å². The largest absolute Gasteiger partial charge is 0.505 e. The minimum atomic E-state index is -1.16. The van der Waals surface area contributed by atoms with Gasteiger partial charge in [-0.2, -0.15) is 0 Å². The Balaban J connectivity index is 1.29. The molecule has 5 saturated carbocycles. The van der Waals surface area contributed by atoms with Gasteiger partial charge in [-0.05, 0) is 131 Å². The van der Waals surface area contributed by atoms with Crippen LogP contribution in [-0.4, -0.2) is 39.3 Å². The van der Waals surface area contributed by atoms with Gasteiger partial charge in [-0.3, -0.25) is 9.59 Å². The van der Waals surface area contributed by atoms with Crippen molar-refractivity contribution in [2.45, 2.75) is 132 Å². The minimum absolute atomic E-state index is 0.0568. The van der Waals surface area contributed by atoms with E-state index in [1.807, 2.05) is 0 Å². The van der Waals surface area contributed by atoms with Crippen molar-refractivity contribution in [3.05, 3.63) is 28.0 Å². The van der Waals surface area contributed by atoms with Gasteiger partial charge in [0.15, 0.2) is 10.6 Å². The average Bonchev–Trinajstić information content (AvgIpc) is 3.58. The summed E-state index contributed by atoms with van der Waals surface area (Å²) in [7, 11) is 0. The lowest BCUT2D eigenvalue weighted by atomic mass is 9.32. The summed E-state index contributed by atoms with van der Waals surface area (Å²) >= 11 is 1.03. The lowest BCUT2D eigenvalue weighted by Crippen LogP contribution is -2.66. The lowest BCUT2D eigenvalue weighted by Gasteiger charge is -2.72. The Labute approximate surface area is 302 Å². The molecule has 0 radical (unpaired) electrons. The molecule has 5 fully saturated rings. The fraction of sp³-hybridized carbons (Fsp3) is 0.738. The number of fused-ring (bicyclic) bond motifs is 7. The Hall–Kier alpha value is -2.79. The van der Waals surface area contributed by atoms with Gasteiger partial charge < -0.3 is 20.1 Å². The quantitative estimate of drug-likeness (QED) is 0.153. The summed E-state index contributed by atoms with van der Waals surface area (Å²) in [6, 6.07) is 0. The summed E-state index contributed by atoms with van der Waals surface area (Å²) in [5.74, 6) is 6.45. The number of carboxylic acid groups (broad SMARTS) is 2. The molecule has 0 bridgehead atoms.